The van der Waals surface area contributed by atoms with Crippen LogP contribution in [0.4, 0.5) is 0 Å². The van der Waals surface area contributed by atoms with Crippen LogP contribution in [-0.4, -0.2) is 37.2 Å². The lowest BCUT2D eigenvalue weighted by Gasteiger charge is -2.18. The lowest BCUT2D eigenvalue weighted by atomic mass is 10.1. The minimum Gasteiger partial charge on any atom is -0.462 e. The summed E-state index contributed by atoms with van der Waals surface area (Å²) < 4.78 is 16.8. The van der Waals surface area contributed by atoms with Crippen LogP contribution in [0.3, 0.4) is 0 Å². The SMILES string of the molecule is CCC/C=C\C/C=C\CCCCCCCC(=O)OC(COC(=O)CCCCCCC/C=C\CCC)COC(=O)CCCCCCCCCCC/C=C\C/C=C\CCCCCCC. The second-order valence-corrected chi connectivity index (χ2v) is 17.4. The fourth-order valence-electron chi connectivity index (χ4n) is 7.22. The monoisotopic (exact) mass is 867 g/mol. The summed E-state index contributed by atoms with van der Waals surface area (Å²) in [6.07, 6.45) is 62.1. The van der Waals surface area contributed by atoms with E-state index < -0.39 is 6.10 Å². The predicted molar refractivity (Wildman–Crippen MR) is 265 cm³/mol. The fourth-order valence-corrected chi connectivity index (χ4v) is 7.22. The van der Waals surface area contributed by atoms with E-state index in [0.717, 1.165) is 109 Å². The van der Waals surface area contributed by atoms with Crippen LogP contribution in [0.25, 0.3) is 0 Å². The molecule has 0 heterocycles. The minimum atomic E-state index is -0.785. The molecular weight excluding hydrogens is 769 g/mol. The first-order valence-corrected chi connectivity index (χ1v) is 26.3. The Hall–Kier alpha value is -2.89. The summed E-state index contributed by atoms with van der Waals surface area (Å²) in [5.74, 6) is -0.911. The summed E-state index contributed by atoms with van der Waals surface area (Å²) in [5.41, 5.74) is 0. The van der Waals surface area contributed by atoms with E-state index in [1.165, 1.54) is 109 Å². The van der Waals surface area contributed by atoms with Gasteiger partial charge in [-0.15, -0.1) is 0 Å². The number of rotatable bonds is 47. The Bertz CT molecular complexity index is 1130. The van der Waals surface area contributed by atoms with Gasteiger partial charge in [0, 0.05) is 19.3 Å². The number of unbranched alkanes of at least 4 members (excludes halogenated alkanes) is 26. The average Bonchev–Trinajstić information content (AvgIpc) is 3.27. The van der Waals surface area contributed by atoms with Crippen LogP contribution in [0.15, 0.2) is 60.8 Å². The molecule has 0 aromatic heterocycles. The maximum Gasteiger partial charge on any atom is 0.306 e. The first kappa shape index (κ1) is 59.1. The molecule has 1 atom stereocenters. The van der Waals surface area contributed by atoms with Crippen LogP contribution in [-0.2, 0) is 28.6 Å². The van der Waals surface area contributed by atoms with E-state index in [4.69, 9.17) is 14.2 Å². The van der Waals surface area contributed by atoms with Gasteiger partial charge < -0.3 is 14.2 Å². The molecule has 6 nitrogen and oxygen atoms in total. The first-order chi connectivity index (χ1) is 30.5. The molecule has 0 spiro atoms. The van der Waals surface area contributed by atoms with Crippen molar-refractivity contribution in [3.8, 4) is 0 Å². The highest BCUT2D eigenvalue weighted by molar-refractivity contribution is 5.71. The quantitative estimate of drug-likeness (QED) is 0.0262. The summed E-state index contributed by atoms with van der Waals surface area (Å²) in [6.45, 7) is 6.48. The average molecular weight is 867 g/mol. The third-order valence-corrected chi connectivity index (χ3v) is 11.2. The Morgan fingerprint density at radius 1 is 0.323 bits per heavy atom. The van der Waals surface area contributed by atoms with E-state index in [0.29, 0.717) is 19.3 Å². The molecule has 0 aromatic rings. The topological polar surface area (TPSA) is 78.9 Å². The molecule has 0 aliphatic rings. The molecule has 0 radical (unpaired) electrons. The van der Waals surface area contributed by atoms with Crippen LogP contribution in [0.2, 0.25) is 0 Å². The third kappa shape index (κ3) is 48.1. The molecular formula is C56H98O6. The van der Waals surface area contributed by atoms with Crippen LogP contribution in [0.5, 0.6) is 0 Å². The number of hydrogen-bond donors (Lipinski definition) is 0. The van der Waals surface area contributed by atoms with Gasteiger partial charge in [0.15, 0.2) is 6.10 Å². The molecule has 0 aliphatic carbocycles. The van der Waals surface area contributed by atoms with Crippen molar-refractivity contribution in [2.75, 3.05) is 13.2 Å². The van der Waals surface area contributed by atoms with Gasteiger partial charge in [0.25, 0.3) is 0 Å². The molecule has 62 heavy (non-hydrogen) atoms. The zero-order valence-electron chi connectivity index (χ0n) is 40.9. The third-order valence-electron chi connectivity index (χ3n) is 11.2. The largest absolute Gasteiger partial charge is 0.462 e. The number of hydrogen-bond acceptors (Lipinski definition) is 6. The number of ether oxygens (including phenoxy) is 3. The zero-order chi connectivity index (χ0) is 45.1. The van der Waals surface area contributed by atoms with Crippen molar-refractivity contribution in [2.24, 2.45) is 0 Å². The van der Waals surface area contributed by atoms with E-state index in [1.807, 2.05) is 0 Å². The van der Waals surface area contributed by atoms with Gasteiger partial charge in [-0.25, -0.2) is 0 Å². The zero-order valence-corrected chi connectivity index (χ0v) is 40.9. The van der Waals surface area contributed by atoms with E-state index in [2.05, 4.69) is 81.5 Å². The van der Waals surface area contributed by atoms with E-state index in [1.54, 1.807) is 0 Å². The highest BCUT2D eigenvalue weighted by Gasteiger charge is 2.19. The lowest BCUT2D eigenvalue weighted by molar-refractivity contribution is -0.167. The standard InChI is InChI=1S/C56H98O6/c1-4-7-10-13-16-19-22-24-25-26-27-28-29-30-31-33-34-37-40-43-46-49-55(58)61-52-53(51-60-54(57)48-45-42-39-36-21-18-15-12-9-6-3)62-56(59)50-47-44-41-38-35-32-23-20-17-14-11-8-5-2/h11-12,14-15,20,22-24,26-27,53H,4-10,13,16-19,21,25,28-52H2,1-3H3/b14-11-,15-12-,23-20-,24-22-,27-26-. The molecule has 0 aromatic carbocycles. The summed E-state index contributed by atoms with van der Waals surface area (Å²) in [7, 11) is 0. The number of esters is 3. The Labute approximate surface area is 383 Å². The van der Waals surface area contributed by atoms with Crippen molar-refractivity contribution in [1.29, 1.82) is 0 Å². The fraction of sp³-hybridized carbons (Fsp3) is 0.768. The van der Waals surface area contributed by atoms with Gasteiger partial charge in [0.1, 0.15) is 13.2 Å². The molecule has 358 valence electrons. The van der Waals surface area contributed by atoms with Gasteiger partial charge in [-0.3, -0.25) is 14.4 Å². The first-order valence-electron chi connectivity index (χ1n) is 26.3. The van der Waals surface area contributed by atoms with Gasteiger partial charge in [-0.2, -0.15) is 0 Å². The molecule has 6 heteroatoms. The molecule has 1 unspecified atom stereocenters. The van der Waals surface area contributed by atoms with E-state index >= 15 is 0 Å². The van der Waals surface area contributed by atoms with Crippen molar-refractivity contribution < 1.29 is 28.6 Å². The van der Waals surface area contributed by atoms with Crippen molar-refractivity contribution in [1.82, 2.24) is 0 Å². The van der Waals surface area contributed by atoms with Gasteiger partial charge in [0.05, 0.1) is 0 Å². The summed E-state index contributed by atoms with van der Waals surface area (Å²) in [4.78, 5) is 37.9. The Morgan fingerprint density at radius 2 is 0.613 bits per heavy atom. The van der Waals surface area contributed by atoms with Crippen molar-refractivity contribution >= 4 is 17.9 Å². The molecule has 0 fully saturated rings. The lowest BCUT2D eigenvalue weighted by Crippen LogP contribution is -2.30. The second-order valence-electron chi connectivity index (χ2n) is 17.4. The van der Waals surface area contributed by atoms with Crippen LogP contribution < -0.4 is 0 Å². The Morgan fingerprint density at radius 3 is 0.984 bits per heavy atom. The van der Waals surface area contributed by atoms with Crippen molar-refractivity contribution in [3.63, 3.8) is 0 Å². The molecule has 0 saturated carbocycles. The molecule has 0 N–H and O–H groups in total. The van der Waals surface area contributed by atoms with Crippen LogP contribution >= 0.6 is 0 Å². The number of allylic oxidation sites excluding steroid dienone is 10. The van der Waals surface area contributed by atoms with Crippen LogP contribution in [0, 0.1) is 0 Å². The van der Waals surface area contributed by atoms with E-state index in [9.17, 15) is 14.4 Å². The maximum atomic E-state index is 12.8. The number of carbonyl (C=O) groups excluding carboxylic acids is 3. The maximum absolute atomic E-state index is 12.8. The molecule has 0 aliphatic heterocycles. The molecule has 0 bridgehead atoms. The highest BCUT2D eigenvalue weighted by Crippen LogP contribution is 2.14. The van der Waals surface area contributed by atoms with Crippen LogP contribution in [0.1, 0.15) is 258 Å². The van der Waals surface area contributed by atoms with Gasteiger partial charge in [-0.1, -0.05) is 204 Å². The predicted octanol–water partition coefficient (Wildman–Crippen LogP) is 17.3. The van der Waals surface area contributed by atoms with Gasteiger partial charge in [-0.05, 0) is 96.3 Å². The van der Waals surface area contributed by atoms with Gasteiger partial charge in [0.2, 0.25) is 0 Å². The molecule has 0 rings (SSSR count). The van der Waals surface area contributed by atoms with Crippen molar-refractivity contribution in [3.05, 3.63) is 60.8 Å². The normalized spacial score (nSPS) is 12.5. The summed E-state index contributed by atoms with van der Waals surface area (Å²) in [5, 5.41) is 0. The Kier molecular flexibility index (Phi) is 48.4. The molecule has 0 amide bonds. The summed E-state index contributed by atoms with van der Waals surface area (Å²) >= 11 is 0. The molecule has 0 saturated heterocycles. The smallest absolute Gasteiger partial charge is 0.306 e. The van der Waals surface area contributed by atoms with Gasteiger partial charge >= 0.3 is 17.9 Å². The van der Waals surface area contributed by atoms with Crippen molar-refractivity contribution in [2.45, 2.75) is 264 Å². The second kappa shape index (κ2) is 50.8. The minimum absolute atomic E-state index is 0.0848. The Balaban J connectivity index is 4.30. The van der Waals surface area contributed by atoms with E-state index in [-0.39, 0.29) is 31.1 Å². The summed E-state index contributed by atoms with van der Waals surface area (Å²) in [6, 6.07) is 0. The number of carbonyl (C=O) groups is 3. The highest BCUT2D eigenvalue weighted by atomic mass is 16.6.